The van der Waals surface area contributed by atoms with Crippen molar-refractivity contribution >= 4 is 12.0 Å². The number of amides is 1. The number of aromatic nitrogens is 3. The molecule has 0 bridgehead atoms. The maximum Gasteiger partial charge on any atom is 0.407 e. The lowest BCUT2D eigenvalue weighted by atomic mass is 10.2. The van der Waals surface area contributed by atoms with Gasteiger partial charge >= 0.3 is 6.09 Å². The van der Waals surface area contributed by atoms with Crippen LogP contribution in [0.5, 0.6) is 0 Å². The van der Waals surface area contributed by atoms with Crippen molar-refractivity contribution in [2.45, 2.75) is 19.1 Å². The minimum absolute atomic E-state index is 0.0417. The molecule has 1 fully saturated rings. The zero-order valence-electron chi connectivity index (χ0n) is 12.1. The summed E-state index contributed by atoms with van der Waals surface area (Å²) in [5.74, 6) is 0.636. The standard InChI is InChI=1S/C15H17N5O2/c21-15(22-9-12-4-2-1-3-5-12)19-13-6-7-20(8-13)14-17-10-16-11-18-14/h1-5,10-11,13H,6-9H2,(H,19,21)/t13-/m1/s1. The fraction of sp³-hybridized carbons (Fsp3) is 0.333. The van der Waals surface area contributed by atoms with E-state index in [0.717, 1.165) is 18.5 Å². The maximum absolute atomic E-state index is 11.8. The van der Waals surface area contributed by atoms with E-state index in [4.69, 9.17) is 4.74 Å². The van der Waals surface area contributed by atoms with Crippen LogP contribution in [0, 0.1) is 0 Å². The lowest BCUT2D eigenvalue weighted by molar-refractivity contribution is 0.136. The SMILES string of the molecule is O=C(N[C@@H]1CCN(c2ncncn2)C1)OCc1ccccc1. The van der Waals surface area contributed by atoms with Crippen molar-refractivity contribution in [1.29, 1.82) is 0 Å². The summed E-state index contributed by atoms with van der Waals surface area (Å²) in [6.07, 6.45) is 3.38. The predicted molar refractivity (Wildman–Crippen MR) is 80.2 cm³/mol. The summed E-state index contributed by atoms with van der Waals surface area (Å²) in [6.45, 7) is 1.74. The molecule has 114 valence electrons. The quantitative estimate of drug-likeness (QED) is 0.918. The van der Waals surface area contributed by atoms with Crippen molar-refractivity contribution in [2.24, 2.45) is 0 Å². The summed E-state index contributed by atoms with van der Waals surface area (Å²) in [4.78, 5) is 25.9. The van der Waals surface area contributed by atoms with Crippen LogP contribution in [0.3, 0.4) is 0 Å². The van der Waals surface area contributed by atoms with Crippen LogP contribution in [0.1, 0.15) is 12.0 Å². The van der Waals surface area contributed by atoms with Crippen LogP contribution in [0.2, 0.25) is 0 Å². The molecule has 1 amide bonds. The highest BCUT2D eigenvalue weighted by molar-refractivity contribution is 5.67. The van der Waals surface area contributed by atoms with E-state index in [0.29, 0.717) is 12.5 Å². The molecule has 1 atom stereocenters. The summed E-state index contributed by atoms with van der Waals surface area (Å²) in [5.41, 5.74) is 0.968. The van der Waals surface area contributed by atoms with Gasteiger partial charge in [-0.15, -0.1) is 0 Å². The largest absolute Gasteiger partial charge is 0.445 e. The Bertz CT molecular complexity index is 608. The molecule has 2 aromatic rings. The van der Waals surface area contributed by atoms with E-state index in [9.17, 15) is 4.79 Å². The number of nitrogens with zero attached hydrogens (tertiary/aromatic N) is 4. The van der Waals surface area contributed by atoms with Crippen LogP contribution in [0.25, 0.3) is 0 Å². The molecule has 0 saturated carbocycles. The Morgan fingerprint density at radius 3 is 2.82 bits per heavy atom. The van der Waals surface area contributed by atoms with Crippen LogP contribution < -0.4 is 10.2 Å². The zero-order chi connectivity index (χ0) is 15.2. The molecule has 0 spiro atoms. The van der Waals surface area contributed by atoms with Crippen molar-refractivity contribution < 1.29 is 9.53 Å². The molecule has 1 N–H and O–H groups in total. The Balaban J connectivity index is 1.45. The van der Waals surface area contributed by atoms with E-state index >= 15 is 0 Å². The van der Waals surface area contributed by atoms with E-state index < -0.39 is 6.09 Å². The molecule has 1 aliphatic heterocycles. The number of alkyl carbamates (subject to hydrolysis) is 1. The average Bonchev–Trinajstić information content (AvgIpc) is 3.03. The highest BCUT2D eigenvalue weighted by Crippen LogP contribution is 2.14. The molecule has 7 nitrogen and oxygen atoms in total. The number of rotatable bonds is 4. The number of nitrogens with one attached hydrogen (secondary N) is 1. The third-order valence-electron chi connectivity index (χ3n) is 3.49. The smallest absolute Gasteiger partial charge is 0.407 e. The molecule has 1 saturated heterocycles. The number of hydrogen-bond donors (Lipinski definition) is 1. The maximum atomic E-state index is 11.8. The molecular weight excluding hydrogens is 282 g/mol. The molecule has 0 radical (unpaired) electrons. The molecule has 3 rings (SSSR count). The summed E-state index contributed by atoms with van der Waals surface area (Å²) >= 11 is 0. The normalized spacial score (nSPS) is 17.3. The summed E-state index contributed by atoms with van der Waals surface area (Å²) in [6, 6.07) is 9.65. The minimum atomic E-state index is -0.397. The van der Waals surface area contributed by atoms with E-state index in [1.54, 1.807) is 0 Å². The second kappa shape index (κ2) is 6.84. The van der Waals surface area contributed by atoms with Crippen molar-refractivity contribution in [3.63, 3.8) is 0 Å². The summed E-state index contributed by atoms with van der Waals surface area (Å²) in [5, 5.41) is 2.87. The molecule has 1 aromatic heterocycles. The first-order valence-electron chi connectivity index (χ1n) is 7.15. The topological polar surface area (TPSA) is 80.2 Å². The predicted octanol–water partition coefficient (Wildman–Crippen LogP) is 1.38. The van der Waals surface area contributed by atoms with Crippen molar-refractivity contribution in [2.75, 3.05) is 18.0 Å². The third-order valence-corrected chi connectivity index (χ3v) is 3.49. The Morgan fingerprint density at radius 1 is 1.27 bits per heavy atom. The van der Waals surface area contributed by atoms with Crippen LogP contribution in [0.15, 0.2) is 43.0 Å². The van der Waals surface area contributed by atoms with Gasteiger partial charge in [-0.25, -0.2) is 19.7 Å². The first kappa shape index (κ1) is 14.2. The molecule has 0 unspecified atom stereocenters. The number of anilines is 1. The molecule has 1 aliphatic rings. The van der Waals surface area contributed by atoms with Gasteiger partial charge in [-0.2, -0.15) is 0 Å². The minimum Gasteiger partial charge on any atom is -0.445 e. The van der Waals surface area contributed by atoms with Gasteiger partial charge in [-0.05, 0) is 12.0 Å². The molecule has 22 heavy (non-hydrogen) atoms. The van der Waals surface area contributed by atoms with Crippen molar-refractivity contribution in [1.82, 2.24) is 20.3 Å². The monoisotopic (exact) mass is 299 g/mol. The van der Waals surface area contributed by atoms with Crippen molar-refractivity contribution in [3.8, 4) is 0 Å². The number of carbonyl (C=O) groups is 1. The van der Waals surface area contributed by atoms with E-state index in [1.807, 2.05) is 35.2 Å². The average molecular weight is 299 g/mol. The van der Waals surface area contributed by atoms with Gasteiger partial charge in [0.05, 0.1) is 6.04 Å². The third kappa shape index (κ3) is 3.69. The van der Waals surface area contributed by atoms with Gasteiger partial charge in [0.25, 0.3) is 0 Å². The Kier molecular flexibility index (Phi) is 4.43. The summed E-state index contributed by atoms with van der Waals surface area (Å²) in [7, 11) is 0. The van der Waals surface area contributed by atoms with Gasteiger partial charge in [0.2, 0.25) is 5.95 Å². The van der Waals surface area contributed by atoms with Gasteiger partial charge in [0.15, 0.2) is 0 Å². The highest BCUT2D eigenvalue weighted by atomic mass is 16.5. The van der Waals surface area contributed by atoms with Gasteiger partial charge in [-0.3, -0.25) is 0 Å². The van der Waals surface area contributed by atoms with Crippen LogP contribution in [-0.2, 0) is 11.3 Å². The highest BCUT2D eigenvalue weighted by Gasteiger charge is 2.25. The fourth-order valence-corrected chi connectivity index (χ4v) is 2.39. The first-order chi connectivity index (χ1) is 10.8. The molecule has 2 heterocycles. The van der Waals surface area contributed by atoms with Crippen molar-refractivity contribution in [3.05, 3.63) is 48.5 Å². The van der Waals surface area contributed by atoms with Crippen LogP contribution in [-0.4, -0.2) is 40.2 Å². The zero-order valence-corrected chi connectivity index (χ0v) is 12.1. The Morgan fingerprint density at radius 2 is 2.05 bits per heavy atom. The number of benzene rings is 1. The van der Waals surface area contributed by atoms with Gasteiger partial charge in [-0.1, -0.05) is 30.3 Å². The van der Waals surface area contributed by atoms with Crippen LogP contribution >= 0.6 is 0 Å². The van der Waals surface area contributed by atoms with E-state index in [-0.39, 0.29) is 12.6 Å². The molecular formula is C15H17N5O2. The molecule has 7 heteroatoms. The summed E-state index contributed by atoms with van der Waals surface area (Å²) < 4.78 is 5.22. The second-order valence-corrected chi connectivity index (χ2v) is 5.08. The fourth-order valence-electron chi connectivity index (χ4n) is 2.39. The number of ether oxygens (including phenoxy) is 1. The number of carbonyl (C=O) groups excluding carboxylic acids is 1. The Labute approximate surface area is 128 Å². The van der Waals surface area contributed by atoms with Gasteiger partial charge < -0.3 is 15.0 Å². The van der Waals surface area contributed by atoms with E-state index in [2.05, 4.69) is 20.3 Å². The second-order valence-electron chi connectivity index (χ2n) is 5.08. The lowest BCUT2D eigenvalue weighted by Gasteiger charge is -2.16. The van der Waals surface area contributed by atoms with Gasteiger partial charge in [0.1, 0.15) is 19.3 Å². The van der Waals surface area contributed by atoms with E-state index in [1.165, 1.54) is 12.7 Å². The van der Waals surface area contributed by atoms with Crippen LogP contribution in [0.4, 0.5) is 10.7 Å². The molecule has 0 aliphatic carbocycles. The first-order valence-corrected chi connectivity index (χ1v) is 7.15. The lowest BCUT2D eigenvalue weighted by Crippen LogP contribution is -2.37. The van der Waals surface area contributed by atoms with Gasteiger partial charge in [0, 0.05) is 13.1 Å². The Hall–Kier alpha value is -2.70. The molecule has 1 aromatic carbocycles. The number of hydrogen-bond acceptors (Lipinski definition) is 6.